The molecule has 2 amide bonds. The minimum atomic E-state index is -0.603. The van der Waals surface area contributed by atoms with Gasteiger partial charge in [0.2, 0.25) is 0 Å². The number of methoxy groups -OCH3 is 1. The zero-order valence-electron chi connectivity index (χ0n) is 12.2. The third-order valence-corrected chi connectivity index (χ3v) is 3.82. The fraction of sp³-hybridized carbons (Fsp3) is 0.235. The number of fused-ring (bicyclic) bond motifs is 1. The van der Waals surface area contributed by atoms with E-state index in [1.807, 2.05) is 24.3 Å². The van der Waals surface area contributed by atoms with Crippen LogP contribution in [0.1, 0.15) is 17.2 Å². The molecule has 0 unspecified atom stereocenters. The number of benzene rings is 2. The van der Waals surface area contributed by atoms with Gasteiger partial charge in [0, 0.05) is 18.2 Å². The van der Waals surface area contributed by atoms with Crippen molar-refractivity contribution in [2.45, 2.75) is 18.6 Å². The molecule has 5 heteroatoms. The molecule has 2 aromatic rings. The lowest BCUT2D eigenvalue weighted by molar-refractivity contribution is 0.144. The van der Waals surface area contributed by atoms with Gasteiger partial charge < -0.3 is 20.5 Å². The number of aliphatic hydroxyl groups is 1. The molecule has 3 N–H and O–H groups in total. The molecule has 0 heterocycles. The Morgan fingerprint density at radius 2 is 2.05 bits per heavy atom. The van der Waals surface area contributed by atoms with E-state index in [0.29, 0.717) is 17.9 Å². The SMILES string of the molecule is COc1cccc(NC(=O)N[C@@H]2c3ccccc3C[C@@H]2O)c1. The largest absolute Gasteiger partial charge is 0.497 e. The Bertz CT molecular complexity index is 687. The molecule has 0 radical (unpaired) electrons. The van der Waals surface area contributed by atoms with Crippen LogP contribution in [0.4, 0.5) is 10.5 Å². The third-order valence-electron chi connectivity index (χ3n) is 3.82. The number of hydrogen-bond acceptors (Lipinski definition) is 3. The number of carbonyl (C=O) groups is 1. The van der Waals surface area contributed by atoms with Crippen molar-refractivity contribution in [1.82, 2.24) is 5.32 Å². The van der Waals surface area contributed by atoms with Crippen molar-refractivity contribution in [3.05, 3.63) is 59.7 Å². The number of aliphatic hydroxyl groups excluding tert-OH is 1. The van der Waals surface area contributed by atoms with Gasteiger partial charge in [0.15, 0.2) is 0 Å². The Kier molecular flexibility index (Phi) is 3.98. The zero-order chi connectivity index (χ0) is 15.5. The molecular formula is C17H18N2O3. The third kappa shape index (κ3) is 2.89. The van der Waals surface area contributed by atoms with Crippen molar-refractivity contribution in [1.29, 1.82) is 0 Å². The second kappa shape index (κ2) is 6.07. The molecule has 0 bridgehead atoms. The number of urea groups is 1. The van der Waals surface area contributed by atoms with E-state index < -0.39 is 6.10 Å². The highest BCUT2D eigenvalue weighted by Gasteiger charge is 2.31. The van der Waals surface area contributed by atoms with Gasteiger partial charge in [0.25, 0.3) is 0 Å². The number of ether oxygens (including phenoxy) is 1. The van der Waals surface area contributed by atoms with Crippen molar-refractivity contribution in [3.8, 4) is 5.75 Å². The maximum atomic E-state index is 12.1. The first-order valence-electron chi connectivity index (χ1n) is 7.15. The summed E-state index contributed by atoms with van der Waals surface area (Å²) in [4.78, 5) is 12.1. The predicted molar refractivity (Wildman–Crippen MR) is 84.0 cm³/mol. The molecule has 22 heavy (non-hydrogen) atoms. The lowest BCUT2D eigenvalue weighted by atomic mass is 10.1. The summed E-state index contributed by atoms with van der Waals surface area (Å²) in [6.45, 7) is 0. The molecule has 114 valence electrons. The van der Waals surface area contributed by atoms with Crippen LogP contribution in [0, 0.1) is 0 Å². The summed E-state index contributed by atoms with van der Waals surface area (Å²) in [7, 11) is 1.57. The fourth-order valence-electron chi connectivity index (χ4n) is 2.76. The van der Waals surface area contributed by atoms with Gasteiger partial charge in [-0.25, -0.2) is 4.79 Å². The monoisotopic (exact) mass is 298 g/mol. The number of anilines is 1. The number of nitrogens with one attached hydrogen (secondary N) is 2. The van der Waals surface area contributed by atoms with Gasteiger partial charge in [-0.15, -0.1) is 0 Å². The van der Waals surface area contributed by atoms with E-state index in [9.17, 15) is 9.90 Å². The molecule has 0 saturated carbocycles. The summed E-state index contributed by atoms with van der Waals surface area (Å²) < 4.78 is 5.12. The van der Waals surface area contributed by atoms with Crippen LogP contribution < -0.4 is 15.4 Å². The van der Waals surface area contributed by atoms with Gasteiger partial charge in [0.1, 0.15) is 5.75 Å². The molecule has 0 aromatic heterocycles. The molecule has 0 saturated heterocycles. The highest BCUT2D eigenvalue weighted by molar-refractivity contribution is 5.89. The van der Waals surface area contributed by atoms with Crippen LogP contribution in [0.2, 0.25) is 0 Å². The lowest BCUT2D eigenvalue weighted by Crippen LogP contribution is -2.36. The Balaban J connectivity index is 1.69. The summed E-state index contributed by atoms with van der Waals surface area (Å²) in [5.74, 6) is 0.670. The van der Waals surface area contributed by atoms with E-state index in [2.05, 4.69) is 10.6 Å². The van der Waals surface area contributed by atoms with Crippen LogP contribution >= 0.6 is 0 Å². The van der Waals surface area contributed by atoms with Gasteiger partial charge in [-0.2, -0.15) is 0 Å². The average Bonchev–Trinajstić information content (AvgIpc) is 2.83. The smallest absolute Gasteiger partial charge is 0.319 e. The topological polar surface area (TPSA) is 70.6 Å². The number of hydrogen-bond donors (Lipinski definition) is 3. The molecule has 1 aliphatic rings. The number of rotatable bonds is 3. The maximum Gasteiger partial charge on any atom is 0.319 e. The molecule has 2 atom stereocenters. The summed E-state index contributed by atoms with van der Waals surface area (Å²) in [6.07, 6.45) is -0.0474. The van der Waals surface area contributed by atoms with Crippen LogP contribution in [-0.4, -0.2) is 24.4 Å². The maximum absolute atomic E-state index is 12.1. The highest BCUT2D eigenvalue weighted by atomic mass is 16.5. The average molecular weight is 298 g/mol. The first-order valence-corrected chi connectivity index (χ1v) is 7.15. The molecule has 0 spiro atoms. The van der Waals surface area contributed by atoms with Gasteiger partial charge in [-0.1, -0.05) is 30.3 Å². The van der Waals surface area contributed by atoms with E-state index in [1.165, 1.54) is 0 Å². The Morgan fingerprint density at radius 1 is 1.23 bits per heavy atom. The Morgan fingerprint density at radius 3 is 2.86 bits per heavy atom. The summed E-state index contributed by atoms with van der Waals surface area (Å²) in [6, 6.07) is 14.1. The van der Waals surface area contributed by atoms with Crippen molar-refractivity contribution in [2.75, 3.05) is 12.4 Å². The van der Waals surface area contributed by atoms with Gasteiger partial charge in [-0.05, 0) is 23.3 Å². The zero-order valence-corrected chi connectivity index (χ0v) is 12.2. The van der Waals surface area contributed by atoms with Crippen LogP contribution in [0.15, 0.2) is 48.5 Å². The second-order valence-corrected chi connectivity index (χ2v) is 5.28. The first kappa shape index (κ1) is 14.4. The van der Waals surface area contributed by atoms with Crippen LogP contribution in [0.5, 0.6) is 5.75 Å². The van der Waals surface area contributed by atoms with Crippen LogP contribution in [-0.2, 0) is 6.42 Å². The summed E-state index contributed by atoms with van der Waals surface area (Å²) in [5.41, 5.74) is 2.68. The van der Waals surface area contributed by atoms with E-state index >= 15 is 0 Å². The highest BCUT2D eigenvalue weighted by Crippen LogP contribution is 2.31. The van der Waals surface area contributed by atoms with Gasteiger partial charge in [0.05, 0.1) is 19.3 Å². The molecule has 3 rings (SSSR count). The van der Waals surface area contributed by atoms with Crippen LogP contribution in [0.3, 0.4) is 0 Å². The molecule has 0 aliphatic heterocycles. The van der Waals surface area contributed by atoms with E-state index in [1.54, 1.807) is 31.4 Å². The fourth-order valence-corrected chi connectivity index (χ4v) is 2.76. The van der Waals surface area contributed by atoms with E-state index in [4.69, 9.17) is 4.74 Å². The number of carbonyl (C=O) groups excluding carboxylic acids is 1. The van der Waals surface area contributed by atoms with Crippen molar-refractivity contribution in [2.24, 2.45) is 0 Å². The minimum Gasteiger partial charge on any atom is -0.497 e. The Hall–Kier alpha value is -2.53. The normalized spacial score (nSPS) is 19.4. The summed E-state index contributed by atoms with van der Waals surface area (Å²) in [5, 5.41) is 15.7. The predicted octanol–water partition coefficient (Wildman–Crippen LogP) is 2.48. The minimum absolute atomic E-state index is 0.353. The molecular weight excluding hydrogens is 280 g/mol. The number of amides is 2. The van der Waals surface area contributed by atoms with Gasteiger partial charge in [-0.3, -0.25) is 0 Å². The summed E-state index contributed by atoms with van der Waals surface area (Å²) >= 11 is 0. The lowest BCUT2D eigenvalue weighted by Gasteiger charge is -2.18. The van der Waals surface area contributed by atoms with Crippen LogP contribution in [0.25, 0.3) is 0 Å². The second-order valence-electron chi connectivity index (χ2n) is 5.28. The molecule has 1 aliphatic carbocycles. The molecule has 5 nitrogen and oxygen atoms in total. The van der Waals surface area contributed by atoms with E-state index in [-0.39, 0.29) is 12.1 Å². The van der Waals surface area contributed by atoms with Gasteiger partial charge >= 0.3 is 6.03 Å². The quantitative estimate of drug-likeness (QED) is 0.815. The molecule has 0 fully saturated rings. The van der Waals surface area contributed by atoms with Crippen molar-refractivity contribution in [3.63, 3.8) is 0 Å². The standard InChI is InChI=1S/C17H18N2O3/c1-22-13-7-4-6-12(10-13)18-17(21)19-16-14-8-3-2-5-11(14)9-15(16)20/h2-8,10,15-16,20H,9H2,1H3,(H2,18,19,21)/t15-,16+/m0/s1. The van der Waals surface area contributed by atoms with Crippen molar-refractivity contribution >= 4 is 11.7 Å². The Labute approximate surface area is 128 Å². The first-order chi connectivity index (χ1) is 10.7. The van der Waals surface area contributed by atoms with E-state index in [0.717, 1.165) is 11.1 Å². The molecule has 2 aromatic carbocycles. The van der Waals surface area contributed by atoms with Crippen molar-refractivity contribution < 1.29 is 14.6 Å².